The third-order valence-corrected chi connectivity index (χ3v) is 7.30. The second-order valence-corrected chi connectivity index (χ2v) is 10.0. The number of carboxylic acid groups (broad SMARTS) is 2. The number of allylic oxidation sites excluding steroid dienone is 1. The minimum absolute atomic E-state index is 0.120. The lowest BCUT2D eigenvalue weighted by molar-refractivity contribution is -0.715. The van der Waals surface area contributed by atoms with Gasteiger partial charge in [-0.3, -0.25) is 0 Å². The van der Waals surface area contributed by atoms with Gasteiger partial charge in [-0.2, -0.15) is 4.57 Å². The molecular weight excluding hydrogens is 550 g/mol. The number of hydrogen-bond acceptors (Lipinski definition) is 10. The third kappa shape index (κ3) is 6.93. The fourth-order valence-electron chi connectivity index (χ4n) is 4.97. The summed E-state index contributed by atoms with van der Waals surface area (Å²) in [7, 11) is 0. The van der Waals surface area contributed by atoms with Gasteiger partial charge in [0.25, 0.3) is 0 Å². The van der Waals surface area contributed by atoms with Crippen LogP contribution in [-0.2, 0) is 30.2 Å². The molecule has 0 saturated carbocycles. The number of hydrogen-bond donors (Lipinski definition) is 5. The summed E-state index contributed by atoms with van der Waals surface area (Å²) in [4.78, 5) is 24.0. The van der Waals surface area contributed by atoms with Crippen molar-refractivity contribution in [3.63, 3.8) is 0 Å². The second kappa shape index (κ2) is 13.8. The molecule has 4 unspecified atom stereocenters. The van der Waals surface area contributed by atoms with Crippen molar-refractivity contribution >= 4 is 18.0 Å². The standard InChI is InChI=1S/C30H33NO11/c1-2-19-20(11-10-18-9-6-12-31(14-18)22(28(38)39)13-17-7-4-3-5-8-17)21(27(36)37)16-40-29(19)42-30-26(35)25(34)24(33)23(15-32)41-30/h2-12,14,16,19-20,22-26,29-30,32-35H,1,13,15H2,(H-,36,37,38,39)/b11-10+/t19?,20?,22?,23-,24-,25+,26-,29?,30+/m1/s1. The van der Waals surface area contributed by atoms with Crippen LogP contribution in [0.1, 0.15) is 17.2 Å². The van der Waals surface area contributed by atoms with Gasteiger partial charge in [-0.1, -0.05) is 48.6 Å². The quantitative estimate of drug-likeness (QED) is 0.162. The smallest absolute Gasteiger partial charge is 0.335 e. The predicted molar refractivity (Wildman–Crippen MR) is 142 cm³/mol. The van der Waals surface area contributed by atoms with Gasteiger partial charge in [-0.15, -0.1) is 6.58 Å². The molecule has 4 rings (SSSR count). The second-order valence-electron chi connectivity index (χ2n) is 10.0. The molecule has 0 amide bonds. The van der Waals surface area contributed by atoms with Crippen LogP contribution in [0.3, 0.4) is 0 Å². The van der Waals surface area contributed by atoms with Gasteiger partial charge in [0.2, 0.25) is 12.3 Å². The molecule has 1 aromatic heterocycles. The van der Waals surface area contributed by atoms with Crippen molar-refractivity contribution in [3.05, 3.63) is 96.6 Å². The lowest BCUT2D eigenvalue weighted by Crippen LogP contribution is -2.60. The molecule has 0 aliphatic carbocycles. The first-order valence-corrected chi connectivity index (χ1v) is 13.3. The summed E-state index contributed by atoms with van der Waals surface area (Å²) in [5, 5.41) is 61.8. The van der Waals surface area contributed by atoms with Gasteiger partial charge in [0.05, 0.1) is 24.4 Å². The Labute approximate surface area is 241 Å². The first-order valence-electron chi connectivity index (χ1n) is 13.3. The molecule has 0 radical (unpaired) electrons. The summed E-state index contributed by atoms with van der Waals surface area (Å²) >= 11 is 0. The van der Waals surface area contributed by atoms with Crippen LogP contribution in [0.25, 0.3) is 6.08 Å². The number of aliphatic hydroxyl groups excluding tert-OH is 4. The van der Waals surface area contributed by atoms with Crippen molar-refractivity contribution in [1.82, 2.24) is 0 Å². The summed E-state index contributed by atoms with van der Waals surface area (Å²) in [6, 6.07) is 11.5. The monoisotopic (exact) mass is 583 g/mol. The number of nitrogens with zero attached hydrogens (tertiary/aromatic N) is 1. The first-order chi connectivity index (χ1) is 20.1. The van der Waals surface area contributed by atoms with Crippen molar-refractivity contribution in [3.8, 4) is 0 Å². The average molecular weight is 584 g/mol. The Morgan fingerprint density at radius 2 is 1.81 bits per heavy atom. The van der Waals surface area contributed by atoms with Crippen LogP contribution in [0.5, 0.6) is 0 Å². The van der Waals surface area contributed by atoms with Crippen molar-refractivity contribution < 1.29 is 59.0 Å². The van der Waals surface area contributed by atoms with E-state index in [0.717, 1.165) is 11.8 Å². The number of benzene rings is 1. The molecule has 5 N–H and O–H groups in total. The van der Waals surface area contributed by atoms with Gasteiger partial charge in [0.1, 0.15) is 30.4 Å². The Bertz CT molecular complexity index is 1310. The number of carbonyl (C=O) groups is 2. The zero-order valence-electron chi connectivity index (χ0n) is 22.5. The van der Waals surface area contributed by atoms with Crippen molar-refractivity contribution in [1.29, 1.82) is 0 Å². The Kier molecular flexibility index (Phi) is 10.2. The Morgan fingerprint density at radius 3 is 2.45 bits per heavy atom. The van der Waals surface area contributed by atoms with Gasteiger partial charge in [0, 0.05) is 24.0 Å². The third-order valence-electron chi connectivity index (χ3n) is 7.30. The SMILES string of the molecule is C=CC1C(O[C@@H]2O[C@H](CO)[C@@H](O)[C@H](O)[C@H]2O)OC=C(C(=O)O)C1/C=C/c1ccc[n+](C(Cc2ccccc2)C(=O)[O-])c1. The highest BCUT2D eigenvalue weighted by Gasteiger charge is 2.47. The topological polar surface area (TPSA) is 190 Å². The van der Waals surface area contributed by atoms with Crippen LogP contribution in [0, 0.1) is 11.8 Å². The number of carbonyl (C=O) groups excluding carboxylic acids is 1. The minimum Gasteiger partial charge on any atom is -0.543 e. The molecule has 0 bridgehead atoms. The number of aromatic nitrogens is 1. The van der Waals surface area contributed by atoms with Crippen LogP contribution >= 0.6 is 0 Å². The molecule has 2 aliphatic heterocycles. The fourth-order valence-corrected chi connectivity index (χ4v) is 4.97. The molecule has 1 fully saturated rings. The number of aliphatic hydroxyl groups is 4. The lowest BCUT2D eigenvalue weighted by Gasteiger charge is -2.42. The molecule has 9 atom stereocenters. The number of aliphatic carboxylic acids is 2. The molecule has 1 saturated heterocycles. The average Bonchev–Trinajstić information content (AvgIpc) is 2.99. The zero-order valence-corrected chi connectivity index (χ0v) is 22.5. The maximum absolute atomic E-state index is 12.1. The highest BCUT2D eigenvalue weighted by molar-refractivity contribution is 5.88. The number of carboxylic acids is 2. The van der Waals surface area contributed by atoms with E-state index < -0.39 is 73.4 Å². The van der Waals surface area contributed by atoms with E-state index in [-0.39, 0.29) is 12.0 Å². The predicted octanol–water partition coefficient (Wildman–Crippen LogP) is -0.919. The molecular formula is C30H33NO11. The molecule has 42 heavy (non-hydrogen) atoms. The maximum atomic E-state index is 12.1. The van der Waals surface area contributed by atoms with E-state index >= 15 is 0 Å². The molecule has 2 aromatic rings. The molecule has 1 aromatic carbocycles. The van der Waals surface area contributed by atoms with Gasteiger partial charge in [0.15, 0.2) is 18.7 Å². The molecule has 12 nitrogen and oxygen atoms in total. The van der Waals surface area contributed by atoms with E-state index in [0.29, 0.717) is 5.56 Å². The van der Waals surface area contributed by atoms with Crippen molar-refractivity contribution in [2.75, 3.05) is 6.61 Å². The Hall–Kier alpha value is -3.91. The summed E-state index contributed by atoms with van der Waals surface area (Å²) in [5.74, 6) is -4.19. The van der Waals surface area contributed by atoms with E-state index in [1.54, 1.807) is 36.7 Å². The maximum Gasteiger partial charge on any atom is 0.335 e. The Morgan fingerprint density at radius 1 is 1.07 bits per heavy atom. The molecule has 2 aliphatic rings. The molecule has 3 heterocycles. The highest BCUT2D eigenvalue weighted by Crippen LogP contribution is 2.36. The zero-order chi connectivity index (χ0) is 30.4. The van der Waals surface area contributed by atoms with E-state index in [2.05, 4.69) is 6.58 Å². The number of pyridine rings is 1. The number of ether oxygens (including phenoxy) is 3. The Balaban J connectivity index is 1.57. The summed E-state index contributed by atoms with van der Waals surface area (Å²) in [6.07, 6.45) is 0.129. The van der Waals surface area contributed by atoms with Crippen molar-refractivity contribution in [2.24, 2.45) is 11.8 Å². The number of rotatable bonds is 11. The van der Waals surface area contributed by atoms with Gasteiger partial charge in [-0.25, -0.2) is 4.79 Å². The molecule has 224 valence electrons. The van der Waals surface area contributed by atoms with Gasteiger partial charge in [-0.05, 0) is 11.6 Å². The van der Waals surface area contributed by atoms with Crippen molar-refractivity contribution in [2.45, 2.75) is 49.5 Å². The van der Waals surface area contributed by atoms with Gasteiger partial charge >= 0.3 is 5.97 Å². The largest absolute Gasteiger partial charge is 0.543 e. The summed E-state index contributed by atoms with van der Waals surface area (Å²) in [5.41, 5.74) is 1.27. The summed E-state index contributed by atoms with van der Waals surface area (Å²) in [6.45, 7) is 3.12. The highest BCUT2D eigenvalue weighted by atomic mass is 16.8. The van der Waals surface area contributed by atoms with Crippen LogP contribution < -0.4 is 9.67 Å². The summed E-state index contributed by atoms with van der Waals surface area (Å²) < 4.78 is 18.2. The van der Waals surface area contributed by atoms with Crippen LogP contribution in [0.4, 0.5) is 0 Å². The normalized spacial score (nSPS) is 30.2. The lowest BCUT2D eigenvalue weighted by atomic mass is 9.83. The van der Waals surface area contributed by atoms with Gasteiger partial charge < -0.3 is 49.6 Å². The fraction of sp³-hybridized carbons (Fsp3) is 0.367. The first kappa shape index (κ1) is 31.0. The molecule has 0 spiro atoms. The van der Waals surface area contributed by atoms with E-state index in [9.17, 15) is 40.2 Å². The van der Waals surface area contributed by atoms with E-state index in [1.807, 2.05) is 30.3 Å². The van der Waals surface area contributed by atoms with Crippen LogP contribution in [0.2, 0.25) is 0 Å². The van der Waals surface area contributed by atoms with E-state index in [1.165, 1.54) is 10.6 Å². The molecule has 12 heteroatoms. The van der Waals surface area contributed by atoms with Crippen LogP contribution in [0.15, 0.2) is 85.4 Å². The van der Waals surface area contributed by atoms with Crippen LogP contribution in [-0.4, -0.2) is 81.1 Å². The van der Waals surface area contributed by atoms with E-state index in [4.69, 9.17) is 14.2 Å². The minimum atomic E-state index is -1.69.